The number of para-hydroxylation sites is 1. The van der Waals surface area contributed by atoms with Gasteiger partial charge in [0.2, 0.25) is 0 Å². The number of hydrogen-bond donors (Lipinski definition) is 0. The van der Waals surface area contributed by atoms with Crippen LogP contribution >= 0.6 is 0 Å². The van der Waals surface area contributed by atoms with Crippen molar-refractivity contribution in [3.05, 3.63) is 42.0 Å². The van der Waals surface area contributed by atoms with Gasteiger partial charge in [-0.2, -0.15) is 0 Å². The van der Waals surface area contributed by atoms with Gasteiger partial charge in [0.15, 0.2) is 0 Å². The molecule has 0 aliphatic carbocycles. The number of hydrogen-bond acceptors (Lipinski definition) is 1. The fourth-order valence-electron chi connectivity index (χ4n) is 1.64. The van der Waals surface area contributed by atoms with Crippen molar-refractivity contribution in [3.63, 3.8) is 0 Å². The Labute approximate surface area is 79.7 Å². The zero-order chi connectivity index (χ0) is 9.10. The first-order valence-corrected chi connectivity index (χ1v) is 4.82. The summed E-state index contributed by atoms with van der Waals surface area (Å²) in [5, 5.41) is 0. The minimum Gasteiger partial charge on any atom is -0.367 e. The molecule has 1 nitrogen and oxygen atoms in total. The highest BCUT2D eigenvalue weighted by Gasteiger charge is 2.08. The maximum absolute atomic E-state index is 2.41. The molecule has 1 heteroatoms. The second-order valence-electron chi connectivity index (χ2n) is 3.58. The lowest BCUT2D eigenvalue weighted by molar-refractivity contribution is 0.788. The molecule has 0 bridgehead atoms. The lowest BCUT2D eigenvalue weighted by atomic mass is 10.1. The number of rotatable bonds is 1. The highest BCUT2D eigenvalue weighted by molar-refractivity contribution is 5.47. The van der Waals surface area contributed by atoms with E-state index in [0.29, 0.717) is 0 Å². The highest BCUT2D eigenvalue weighted by Crippen LogP contribution is 2.18. The minimum atomic E-state index is 1.07. The van der Waals surface area contributed by atoms with E-state index in [2.05, 4.69) is 48.2 Å². The fourth-order valence-corrected chi connectivity index (χ4v) is 1.64. The summed E-state index contributed by atoms with van der Waals surface area (Å²) in [6, 6.07) is 10.6. The van der Waals surface area contributed by atoms with Crippen LogP contribution in [0.5, 0.6) is 0 Å². The van der Waals surface area contributed by atoms with Crippen LogP contribution in [-0.4, -0.2) is 13.1 Å². The summed E-state index contributed by atoms with van der Waals surface area (Å²) in [5.41, 5.74) is 2.86. The van der Waals surface area contributed by atoms with Gasteiger partial charge in [-0.1, -0.05) is 29.8 Å². The van der Waals surface area contributed by atoms with E-state index >= 15 is 0 Å². The molecule has 0 amide bonds. The number of benzene rings is 1. The van der Waals surface area contributed by atoms with Gasteiger partial charge in [0.1, 0.15) is 0 Å². The molecule has 1 aromatic rings. The van der Waals surface area contributed by atoms with Crippen molar-refractivity contribution in [2.75, 3.05) is 18.0 Å². The lowest BCUT2D eigenvalue weighted by Gasteiger charge is -2.27. The normalized spacial score (nSPS) is 17.0. The average Bonchev–Trinajstić information content (AvgIpc) is 2.20. The van der Waals surface area contributed by atoms with Gasteiger partial charge >= 0.3 is 0 Å². The van der Waals surface area contributed by atoms with Gasteiger partial charge in [0.25, 0.3) is 0 Å². The molecule has 0 saturated carbocycles. The zero-order valence-corrected chi connectivity index (χ0v) is 8.03. The molecule has 68 valence electrons. The Bertz CT molecular complexity index is 300. The molecule has 0 saturated heterocycles. The molecule has 1 aliphatic rings. The third-order valence-corrected chi connectivity index (χ3v) is 2.56. The largest absolute Gasteiger partial charge is 0.367 e. The van der Waals surface area contributed by atoms with Crippen LogP contribution in [0.15, 0.2) is 42.0 Å². The monoisotopic (exact) mass is 173 g/mol. The van der Waals surface area contributed by atoms with E-state index in [0.717, 1.165) is 13.1 Å². The maximum atomic E-state index is 2.41. The molecule has 0 atom stereocenters. The summed E-state index contributed by atoms with van der Waals surface area (Å²) < 4.78 is 0. The third kappa shape index (κ3) is 1.92. The third-order valence-electron chi connectivity index (χ3n) is 2.56. The minimum absolute atomic E-state index is 1.07. The summed E-state index contributed by atoms with van der Waals surface area (Å²) in [6.45, 7) is 4.44. The Morgan fingerprint density at radius 3 is 2.54 bits per heavy atom. The van der Waals surface area contributed by atoms with Gasteiger partial charge in [-0.25, -0.2) is 0 Å². The van der Waals surface area contributed by atoms with Crippen LogP contribution < -0.4 is 4.90 Å². The van der Waals surface area contributed by atoms with Gasteiger partial charge in [0.05, 0.1) is 0 Å². The molecule has 1 heterocycles. The maximum Gasteiger partial charge on any atom is 0.0369 e. The first-order valence-electron chi connectivity index (χ1n) is 4.82. The van der Waals surface area contributed by atoms with Crippen LogP contribution in [-0.2, 0) is 0 Å². The molecule has 0 spiro atoms. The molecule has 2 rings (SSSR count). The Hall–Kier alpha value is -1.24. The van der Waals surface area contributed by atoms with Gasteiger partial charge in [-0.3, -0.25) is 0 Å². The van der Waals surface area contributed by atoms with Crippen LogP contribution in [0, 0.1) is 0 Å². The zero-order valence-electron chi connectivity index (χ0n) is 8.03. The topological polar surface area (TPSA) is 3.24 Å². The first kappa shape index (κ1) is 8.36. The van der Waals surface area contributed by atoms with Crippen LogP contribution in [0.4, 0.5) is 5.69 Å². The van der Waals surface area contributed by atoms with Crippen LogP contribution in [0.2, 0.25) is 0 Å². The Kier molecular flexibility index (Phi) is 2.35. The SMILES string of the molecule is CC1=CCN(c2ccccc2)CC1. The van der Waals surface area contributed by atoms with Crippen molar-refractivity contribution in [3.8, 4) is 0 Å². The van der Waals surface area contributed by atoms with E-state index in [4.69, 9.17) is 0 Å². The van der Waals surface area contributed by atoms with Gasteiger partial charge < -0.3 is 4.90 Å². The summed E-state index contributed by atoms with van der Waals surface area (Å²) in [5.74, 6) is 0. The predicted octanol–water partition coefficient (Wildman–Crippen LogP) is 2.84. The van der Waals surface area contributed by atoms with E-state index in [-0.39, 0.29) is 0 Å². The van der Waals surface area contributed by atoms with Gasteiger partial charge in [-0.15, -0.1) is 0 Å². The van der Waals surface area contributed by atoms with Crippen molar-refractivity contribution in [1.82, 2.24) is 0 Å². The Morgan fingerprint density at radius 2 is 1.92 bits per heavy atom. The van der Waals surface area contributed by atoms with Crippen LogP contribution in [0.25, 0.3) is 0 Å². The van der Waals surface area contributed by atoms with Crippen LogP contribution in [0.3, 0.4) is 0 Å². The van der Waals surface area contributed by atoms with E-state index in [9.17, 15) is 0 Å². The summed E-state index contributed by atoms with van der Waals surface area (Å²) in [4.78, 5) is 2.41. The quantitative estimate of drug-likeness (QED) is 0.590. The molecule has 0 N–H and O–H groups in total. The molecule has 1 aromatic carbocycles. The molecule has 0 radical (unpaired) electrons. The molecule has 13 heavy (non-hydrogen) atoms. The molecule has 0 unspecified atom stereocenters. The second kappa shape index (κ2) is 3.65. The van der Waals surface area contributed by atoms with Gasteiger partial charge in [0, 0.05) is 18.8 Å². The van der Waals surface area contributed by atoms with Crippen molar-refractivity contribution < 1.29 is 0 Å². The summed E-state index contributed by atoms with van der Waals surface area (Å²) >= 11 is 0. The molecular weight excluding hydrogens is 158 g/mol. The second-order valence-corrected chi connectivity index (χ2v) is 3.58. The predicted molar refractivity (Wildman–Crippen MR) is 57.0 cm³/mol. The average molecular weight is 173 g/mol. The van der Waals surface area contributed by atoms with E-state index in [1.54, 1.807) is 0 Å². The lowest BCUT2D eigenvalue weighted by Crippen LogP contribution is -2.27. The van der Waals surface area contributed by atoms with Crippen molar-refractivity contribution in [1.29, 1.82) is 0 Å². The van der Waals surface area contributed by atoms with E-state index in [1.807, 2.05) is 0 Å². The van der Waals surface area contributed by atoms with E-state index in [1.165, 1.54) is 17.7 Å². The Morgan fingerprint density at radius 1 is 1.15 bits per heavy atom. The molecular formula is C12H15N. The standard InChI is InChI=1S/C12H15N/c1-11-7-9-13(10-8-11)12-5-3-2-4-6-12/h2-7H,8-10H2,1H3. The molecule has 1 aliphatic heterocycles. The van der Waals surface area contributed by atoms with Crippen molar-refractivity contribution in [2.45, 2.75) is 13.3 Å². The van der Waals surface area contributed by atoms with Crippen molar-refractivity contribution >= 4 is 5.69 Å². The summed E-state index contributed by atoms with van der Waals surface area (Å²) in [6.07, 6.45) is 3.52. The highest BCUT2D eigenvalue weighted by atomic mass is 15.1. The Balaban J connectivity index is 2.12. The first-order chi connectivity index (χ1) is 6.36. The number of anilines is 1. The van der Waals surface area contributed by atoms with E-state index < -0.39 is 0 Å². The molecule has 0 fully saturated rings. The van der Waals surface area contributed by atoms with Gasteiger partial charge in [-0.05, 0) is 25.5 Å². The van der Waals surface area contributed by atoms with Crippen LogP contribution in [0.1, 0.15) is 13.3 Å². The fraction of sp³-hybridized carbons (Fsp3) is 0.333. The van der Waals surface area contributed by atoms with Crippen molar-refractivity contribution in [2.24, 2.45) is 0 Å². The number of nitrogens with zero attached hydrogens (tertiary/aromatic N) is 1. The molecule has 0 aromatic heterocycles. The summed E-state index contributed by atoms with van der Waals surface area (Å²) in [7, 11) is 0. The smallest absolute Gasteiger partial charge is 0.0369 e.